The summed E-state index contributed by atoms with van der Waals surface area (Å²) in [7, 11) is 1.68. The van der Waals surface area contributed by atoms with Crippen LogP contribution < -0.4 is 5.56 Å². The monoisotopic (exact) mass is 308 g/mol. The van der Waals surface area contributed by atoms with Crippen molar-refractivity contribution in [3.8, 4) is 0 Å². The zero-order chi connectivity index (χ0) is 15.5. The summed E-state index contributed by atoms with van der Waals surface area (Å²) < 4.78 is 6.71. The lowest BCUT2D eigenvalue weighted by atomic mass is 10.1. The number of hydrogen-bond donors (Lipinski definition) is 1. The maximum absolute atomic E-state index is 11.7. The fourth-order valence-electron chi connectivity index (χ4n) is 3.15. The Labute approximate surface area is 130 Å². The van der Waals surface area contributed by atoms with Crippen LogP contribution in [0.3, 0.4) is 0 Å². The molecule has 22 heavy (non-hydrogen) atoms. The lowest BCUT2D eigenvalue weighted by molar-refractivity contribution is 0.00578. The van der Waals surface area contributed by atoms with E-state index >= 15 is 0 Å². The van der Waals surface area contributed by atoms with Crippen LogP contribution in [0, 0.1) is 0 Å². The van der Waals surface area contributed by atoms with E-state index in [-0.39, 0.29) is 11.7 Å². The predicted octanol–water partition coefficient (Wildman–Crippen LogP) is -1.17. The summed E-state index contributed by atoms with van der Waals surface area (Å²) in [4.78, 5) is 16.1. The van der Waals surface area contributed by atoms with Crippen LogP contribution in [-0.4, -0.2) is 76.7 Å². The number of morpholine rings is 1. The molecule has 1 aromatic rings. The average molecular weight is 308 g/mol. The second kappa shape index (κ2) is 6.87. The van der Waals surface area contributed by atoms with Crippen molar-refractivity contribution in [2.45, 2.75) is 19.1 Å². The number of ether oxygens (including phenoxy) is 1. The van der Waals surface area contributed by atoms with Crippen LogP contribution in [0.25, 0.3) is 0 Å². The van der Waals surface area contributed by atoms with Gasteiger partial charge in [0.05, 0.1) is 25.0 Å². The molecule has 0 aromatic carbocycles. The van der Waals surface area contributed by atoms with Crippen LogP contribution in [0.4, 0.5) is 0 Å². The van der Waals surface area contributed by atoms with Gasteiger partial charge >= 0.3 is 0 Å². The van der Waals surface area contributed by atoms with Crippen molar-refractivity contribution in [2.24, 2.45) is 7.05 Å². The fraction of sp³-hybridized carbons (Fsp3) is 0.733. The third kappa shape index (κ3) is 3.73. The van der Waals surface area contributed by atoms with Crippen LogP contribution in [0.1, 0.15) is 11.3 Å². The Morgan fingerprint density at radius 2 is 2.00 bits per heavy atom. The summed E-state index contributed by atoms with van der Waals surface area (Å²) in [5.41, 5.74) is 1.92. The Bertz CT molecular complexity index is 568. The normalized spacial score (nSPS) is 21.5. The van der Waals surface area contributed by atoms with Gasteiger partial charge in [-0.05, 0) is 5.56 Å². The van der Waals surface area contributed by atoms with E-state index in [4.69, 9.17) is 4.74 Å². The van der Waals surface area contributed by atoms with E-state index in [0.29, 0.717) is 19.6 Å². The number of β-amino-alcohol motifs (C(OH)–C–C–N with tert-alkyl or cyclic N) is 1. The molecule has 1 saturated heterocycles. The first-order valence-electron chi connectivity index (χ1n) is 7.88. The third-order valence-corrected chi connectivity index (χ3v) is 4.36. The van der Waals surface area contributed by atoms with E-state index in [1.807, 2.05) is 0 Å². The first kappa shape index (κ1) is 15.6. The highest BCUT2D eigenvalue weighted by molar-refractivity contribution is 5.20. The molecule has 1 aromatic heterocycles. The minimum absolute atomic E-state index is 0.0746. The summed E-state index contributed by atoms with van der Waals surface area (Å²) in [6.07, 6.45) is 0.451. The third-order valence-electron chi connectivity index (χ3n) is 4.36. The Kier molecular flexibility index (Phi) is 4.87. The number of rotatable bonds is 4. The number of nitrogens with zero attached hydrogens (tertiary/aromatic N) is 4. The largest absolute Gasteiger partial charge is 0.390 e. The number of aryl methyl sites for hydroxylation is 1. The first-order valence-corrected chi connectivity index (χ1v) is 7.88. The van der Waals surface area contributed by atoms with E-state index in [1.54, 1.807) is 13.1 Å². The van der Waals surface area contributed by atoms with Crippen molar-refractivity contribution in [1.29, 1.82) is 0 Å². The SMILES string of the molecule is Cn1nc2c(cc1=O)CN(CC(O)CN1CCOCC1)CC2. The maximum atomic E-state index is 11.7. The van der Waals surface area contributed by atoms with Crippen molar-refractivity contribution in [1.82, 2.24) is 19.6 Å². The van der Waals surface area contributed by atoms with Crippen LogP contribution in [0.5, 0.6) is 0 Å². The number of hydrogen-bond acceptors (Lipinski definition) is 6. The predicted molar refractivity (Wildman–Crippen MR) is 81.7 cm³/mol. The molecule has 0 saturated carbocycles. The van der Waals surface area contributed by atoms with Crippen molar-refractivity contribution in [3.05, 3.63) is 27.7 Å². The summed E-state index contributed by atoms with van der Waals surface area (Å²) in [6.45, 7) is 6.15. The average Bonchev–Trinajstić information content (AvgIpc) is 2.49. The molecule has 0 amide bonds. The topological polar surface area (TPSA) is 70.8 Å². The minimum atomic E-state index is -0.376. The lowest BCUT2D eigenvalue weighted by Gasteiger charge is -2.33. The molecule has 1 atom stereocenters. The first-order chi connectivity index (χ1) is 10.6. The Balaban J connectivity index is 1.55. The van der Waals surface area contributed by atoms with Gasteiger partial charge in [0.2, 0.25) is 0 Å². The van der Waals surface area contributed by atoms with Gasteiger partial charge in [0.15, 0.2) is 0 Å². The highest BCUT2D eigenvalue weighted by Gasteiger charge is 2.22. The number of fused-ring (bicyclic) bond motifs is 1. The summed E-state index contributed by atoms with van der Waals surface area (Å²) in [5, 5.41) is 14.6. The van der Waals surface area contributed by atoms with Gasteiger partial charge in [-0.3, -0.25) is 14.6 Å². The van der Waals surface area contributed by atoms with Gasteiger partial charge in [-0.2, -0.15) is 5.10 Å². The molecule has 7 heteroatoms. The van der Waals surface area contributed by atoms with Gasteiger partial charge < -0.3 is 9.84 Å². The Morgan fingerprint density at radius 3 is 2.77 bits per heavy atom. The highest BCUT2D eigenvalue weighted by atomic mass is 16.5. The van der Waals surface area contributed by atoms with E-state index < -0.39 is 0 Å². The molecule has 1 unspecified atom stereocenters. The molecule has 7 nitrogen and oxygen atoms in total. The van der Waals surface area contributed by atoms with Gasteiger partial charge in [0.25, 0.3) is 5.56 Å². The van der Waals surface area contributed by atoms with Gasteiger partial charge in [-0.25, -0.2) is 4.68 Å². The summed E-state index contributed by atoms with van der Waals surface area (Å²) >= 11 is 0. The second-order valence-electron chi connectivity index (χ2n) is 6.13. The van der Waals surface area contributed by atoms with Crippen molar-refractivity contribution in [2.75, 3.05) is 45.9 Å². The molecule has 0 aliphatic carbocycles. The molecule has 2 aliphatic heterocycles. The van der Waals surface area contributed by atoms with E-state index in [0.717, 1.165) is 50.5 Å². The maximum Gasteiger partial charge on any atom is 0.266 e. The quantitative estimate of drug-likeness (QED) is 0.756. The number of aromatic nitrogens is 2. The molecule has 0 spiro atoms. The second-order valence-corrected chi connectivity index (χ2v) is 6.13. The van der Waals surface area contributed by atoms with Crippen LogP contribution in [0.15, 0.2) is 10.9 Å². The molecule has 1 fully saturated rings. The zero-order valence-corrected chi connectivity index (χ0v) is 13.1. The highest BCUT2D eigenvalue weighted by Crippen LogP contribution is 2.15. The van der Waals surface area contributed by atoms with Gasteiger partial charge in [0, 0.05) is 58.8 Å². The Hall–Kier alpha value is -1.28. The van der Waals surface area contributed by atoms with E-state index in [1.165, 1.54) is 4.68 Å². The smallest absolute Gasteiger partial charge is 0.266 e. The molecule has 2 aliphatic rings. The van der Waals surface area contributed by atoms with E-state index in [9.17, 15) is 9.90 Å². The molecule has 3 heterocycles. The fourth-order valence-corrected chi connectivity index (χ4v) is 3.15. The lowest BCUT2D eigenvalue weighted by Crippen LogP contribution is -2.45. The van der Waals surface area contributed by atoms with Crippen LogP contribution >= 0.6 is 0 Å². The Morgan fingerprint density at radius 1 is 1.27 bits per heavy atom. The standard InChI is InChI=1S/C15H24N4O3/c1-17-15(21)8-12-9-19(3-2-14(12)16-17)11-13(20)10-18-4-6-22-7-5-18/h8,13,20H,2-7,9-11H2,1H3. The van der Waals surface area contributed by atoms with Crippen LogP contribution in [-0.2, 0) is 24.8 Å². The van der Waals surface area contributed by atoms with Gasteiger partial charge in [0.1, 0.15) is 0 Å². The molecule has 3 rings (SSSR count). The van der Waals surface area contributed by atoms with E-state index in [2.05, 4.69) is 14.9 Å². The molecular weight excluding hydrogens is 284 g/mol. The molecule has 122 valence electrons. The molecular formula is C15H24N4O3. The number of aliphatic hydroxyl groups excluding tert-OH is 1. The zero-order valence-electron chi connectivity index (χ0n) is 13.1. The molecule has 1 N–H and O–H groups in total. The van der Waals surface area contributed by atoms with Crippen molar-refractivity contribution < 1.29 is 9.84 Å². The summed E-state index contributed by atoms with van der Waals surface area (Å²) in [6, 6.07) is 1.67. The minimum Gasteiger partial charge on any atom is -0.390 e. The van der Waals surface area contributed by atoms with Crippen molar-refractivity contribution in [3.63, 3.8) is 0 Å². The van der Waals surface area contributed by atoms with Gasteiger partial charge in [-0.15, -0.1) is 0 Å². The molecule has 0 bridgehead atoms. The van der Waals surface area contributed by atoms with Gasteiger partial charge in [-0.1, -0.05) is 0 Å². The molecule has 0 radical (unpaired) electrons. The number of aliphatic hydroxyl groups is 1. The van der Waals surface area contributed by atoms with Crippen LogP contribution in [0.2, 0.25) is 0 Å². The summed E-state index contributed by atoms with van der Waals surface area (Å²) in [5.74, 6) is 0. The van der Waals surface area contributed by atoms with Crippen molar-refractivity contribution >= 4 is 0 Å².